The molecule has 5 nitrogen and oxygen atoms in total. The second-order valence-electron chi connectivity index (χ2n) is 9.44. The molecule has 0 bridgehead atoms. The van der Waals surface area contributed by atoms with E-state index >= 15 is 0 Å². The zero-order valence-electron chi connectivity index (χ0n) is 18.7. The van der Waals surface area contributed by atoms with Crippen molar-refractivity contribution in [2.45, 2.75) is 51.7 Å². The van der Waals surface area contributed by atoms with Gasteiger partial charge in [-0.2, -0.15) is 0 Å². The van der Waals surface area contributed by atoms with Gasteiger partial charge in [-0.1, -0.05) is 23.7 Å². The summed E-state index contributed by atoms with van der Waals surface area (Å²) in [5.41, 5.74) is 2.16. The molecule has 2 heterocycles. The van der Waals surface area contributed by atoms with Gasteiger partial charge in [0, 0.05) is 41.8 Å². The summed E-state index contributed by atoms with van der Waals surface area (Å²) in [6, 6.07) is 10.2. The lowest BCUT2D eigenvalue weighted by molar-refractivity contribution is 0.0144. The smallest absolute Gasteiger partial charge is 0.410 e. The molecule has 4 rings (SSSR count). The van der Waals surface area contributed by atoms with Crippen LogP contribution < -0.4 is 0 Å². The van der Waals surface area contributed by atoms with Crippen LogP contribution in [0.2, 0.25) is 5.02 Å². The number of benzene rings is 2. The summed E-state index contributed by atoms with van der Waals surface area (Å²) in [4.78, 5) is 29.3. The van der Waals surface area contributed by atoms with Gasteiger partial charge in [0.2, 0.25) is 0 Å². The van der Waals surface area contributed by atoms with Crippen LogP contribution in [0.15, 0.2) is 36.4 Å². The van der Waals surface area contributed by atoms with Crippen LogP contribution in [0.5, 0.6) is 0 Å². The zero-order valence-corrected chi connectivity index (χ0v) is 19.4. The lowest BCUT2D eigenvalue weighted by Crippen LogP contribution is -2.51. The summed E-state index contributed by atoms with van der Waals surface area (Å²) in [7, 11) is 0. The number of likely N-dealkylation sites (tertiary alicyclic amines) is 1. The van der Waals surface area contributed by atoms with E-state index in [4.69, 9.17) is 16.3 Å². The maximum atomic E-state index is 14.4. The Kier molecular flexibility index (Phi) is 6.17. The molecular formula is C25H28ClFN2O3. The number of halogens is 2. The fraction of sp³-hybridized carbons (Fsp3) is 0.440. The number of nitrogens with zero attached hydrogens (tertiary/aromatic N) is 2. The Hall–Kier alpha value is -2.60. The van der Waals surface area contributed by atoms with E-state index in [-0.39, 0.29) is 18.0 Å². The molecule has 1 fully saturated rings. The Morgan fingerprint density at radius 3 is 2.44 bits per heavy atom. The molecule has 0 aliphatic carbocycles. The average molecular weight is 459 g/mol. The predicted molar refractivity (Wildman–Crippen MR) is 122 cm³/mol. The summed E-state index contributed by atoms with van der Waals surface area (Å²) in [6.07, 6.45) is 1.88. The number of piperidine rings is 1. The number of carbonyl (C=O) groups is 2. The molecule has 2 amide bonds. The van der Waals surface area contributed by atoms with Gasteiger partial charge in [0.05, 0.1) is 0 Å². The molecule has 0 saturated carbocycles. The molecule has 0 N–H and O–H groups in total. The molecule has 0 unspecified atom stereocenters. The van der Waals surface area contributed by atoms with Gasteiger partial charge < -0.3 is 14.5 Å². The lowest BCUT2D eigenvalue weighted by Gasteiger charge is -2.40. The summed E-state index contributed by atoms with van der Waals surface area (Å²) in [6.45, 7) is 7.33. The highest BCUT2D eigenvalue weighted by molar-refractivity contribution is 6.30. The summed E-state index contributed by atoms with van der Waals surface area (Å²) in [5.74, 6) is -0.440. The SMILES string of the molecule is CC(C)(C)OC(=O)N1CCC(N2CCc3ccc(-c4ccc(Cl)cc4F)cc3C2=O)CC1. The van der Waals surface area contributed by atoms with Crippen molar-refractivity contribution in [3.05, 3.63) is 58.4 Å². The maximum absolute atomic E-state index is 14.4. The summed E-state index contributed by atoms with van der Waals surface area (Å²) < 4.78 is 19.9. The first-order chi connectivity index (χ1) is 15.1. The van der Waals surface area contributed by atoms with Gasteiger partial charge in [-0.15, -0.1) is 0 Å². The van der Waals surface area contributed by atoms with Crippen molar-refractivity contribution >= 4 is 23.6 Å². The largest absolute Gasteiger partial charge is 0.444 e. The van der Waals surface area contributed by atoms with E-state index in [0.29, 0.717) is 54.2 Å². The van der Waals surface area contributed by atoms with E-state index in [9.17, 15) is 14.0 Å². The first-order valence-electron chi connectivity index (χ1n) is 11.0. The number of fused-ring (bicyclic) bond motifs is 1. The highest BCUT2D eigenvalue weighted by Gasteiger charge is 2.34. The third-order valence-electron chi connectivity index (χ3n) is 6.02. The van der Waals surface area contributed by atoms with Crippen molar-refractivity contribution in [1.82, 2.24) is 9.80 Å². The highest BCUT2D eigenvalue weighted by atomic mass is 35.5. The fourth-order valence-electron chi connectivity index (χ4n) is 4.42. The van der Waals surface area contributed by atoms with Crippen molar-refractivity contribution in [2.75, 3.05) is 19.6 Å². The number of hydrogen-bond acceptors (Lipinski definition) is 3. The molecular weight excluding hydrogens is 431 g/mol. The van der Waals surface area contributed by atoms with E-state index in [1.54, 1.807) is 23.1 Å². The van der Waals surface area contributed by atoms with Gasteiger partial charge in [-0.05, 0) is 75.4 Å². The minimum atomic E-state index is -0.526. The van der Waals surface area contributed by atoms with Crippen LogP contribution in [-0.2, 0) is 11.2 Å². The van der Waals surface area contributed by atoms with Gasteiger partial charge in [0.15, 0.2) is 0 Å². The molecule has 2 aliphatic heterocycles. The van der Waals surface area contributed by atoms with Gasteiger partial charge in [-0.3, -0.25) is 4.79 Å². The van der Waals surface area contributed by atoms with Crippen LogP contribution in [0.4, 0.5) is 9.18 Å². The van der Waals surface area contributed by atoms with Crippen molar-refractivity contribution in [3.63, 3.8) is 0 Å². The molecule has 2 aromatic carbocycles. The van der Waals surface area contributed by atoms with E-state index in [1.165, 1.54) is 6.07 Å². The van der Waals surface area contributed by atoms with E-state index in [1.807, 2.05) is 37.8 Å². The lowest BCUT2D eigenvalue weighted by atomic mass is 9.92. The van der Waals surface area contributed by atoms with E-state index < -0.39 is 11.4 Å². The minimum Gasteiger partial charge on any atom is -0.444 e. The minimum absolute atomic E-state index is 0.0295. The zero-order chi connectivity index (χ0) is 23.0. The first kappa shape index (κ1) is 22.6. The van der Waals surface area contributed by atoms with Crippen molar-refractivity contribution in [3.8, 4) is 11.1 Å². The Balaban J connectivity index is 1.48. The molecule has 0 aromatic heterocycles. The molecule has 2 aromatic rings. The Morgan fingerprint density at radius 1 is 1.06 bits per heavy atom. The van der Waals surface area contributed by atoms with Gasteiger partial charge in [0.25, 0.3) is 5.91 Å². The molecule has 0 radical (unpaired) electrons. The van der Waals surface area contributed by atoms with Crippen LogP contribution in [-0.4, -0.2) is 53.1 Å². The standard InChI is InChI=1S/C25H28ClFN2O3/c1-25(2,3)32-24(31)28-11-9-19(10-12-28)29-13-8-16-4-5-17(14-21(16)23(29)30)20-7-6-18(26)15-22(20)27/h4-7,14-15,19H,8-13H2,1-3H3. The topological polar surface area (TPSA) is 49.9 Å². The molecule has 0 spiro atoms. The Bertz CT molecular complexity index is 1040. The van der Waals surface area contributed by atoms with E-state index in [2.05, 4.69) is 0 Å². The van der Waals surface area contributed by atoms with Crippen molar-refractivity contribution < 1.29 is 18.7 Å². The number of amides is 2. The third-order valence-corrected chi connectivity index (χ3v) is 6.26. The second kappa shape index (κ2) is 8.74. The first-order valence-corrected chi connectivity index (χ1v) is 11.4. The van der Waals surface area contributed by atoms with Crippen LogP contribution in [0.1, 0.15) is 49.5 Å². The van der Waals surface area contributed by atoms with Crippen LogP contribution in [0, 0.1) is 5.82 Å². The maximum Gasteiger partial charge on any atom is 0.410 e. The average Bonchev–Trinajstić information content (AvgIpc) is 2.73. The summed E-state index contributed by atoms with van der Waals surface area (Å²) in [5, 5.41) is 0.337. The number of ether oxygens (including phenoxy) is 1. The monoisotopic (exact) mass is 458 g/mol. The molecule has 2 aliphatic rings. The Labute approximate surface area is 193 Å². The fourth-order valence-corrected chi connectivity index (χ4v) is 4.58. The number of carbonyl (C=O) groups excluding carboxylic acids is 2. The van der Waals surface area contributed by atoms with Crippen LogP contribution in [0.25, 0.3) is 11.1 Å². The molecule has 32 heavy (non-hydrogen) atoms. The van der Waals surface area contributed by atoms with Gasteiger partial charge in [0.1, 0.15) is 11.4 Å². The van der Waals surface area contributed by atoms with E-state index in [0.717, 1.165) is 12.0 Å². The summed E-state index contributed by atoms with van der Waals surface area (Å²) >= 11 is 5.88. The Morgan fingerprint density at radius 2 is 1.78 bits per heavy atom. The van der Waals surface area contributed by atoms with Gasteiger partial charge in [-0.25, -0.2) is 9.18 Å². The third kappa shape index (κ3) is 4.75. The molecule has 1 saturated heterocycles. The number of hydrogen-bond donors (Lipinski definition) is 0. The van der Waals surface area contributed by atoms with Crippen LogP contribution >= 0.6 is 11.6 Å². The molecule has 0 atom stereocenters. The highest BCUT2D eigenvalue weighted by Crippen LogP contribution is 2.31. The second-order valence-corrected chi connectivity index (χ2v) is 9.88. The van der Waals surface area contributed by atoms with Crippen molar-refractivity contribution in [2.24, 2.45) is 0 Å². The van der Waals surface area contributed by atoms with Crippen LogP contribution in [0.3, 0.4) is 0 Å². The number of rotatable bonds is 2. The quantitative estimate of drug-likeness (QED) is 0.593. The normalized spacial score (nSPS) is 17.3. The predicted octanol–water partition coefficient (Wildman–Crippen LogP) is 5.54. The van der Waals surface area contributed by atoms with Crippen molar-refractivity contribution in [1.29, 1.82) is 0 Å². The molecule has 7 heteroatoms. The molecule has 170 valence electrons. The van der Waals surface area contributed by atoms with Gasteiger partial charge >= 0.3 is 6.09 Å².